The molecule has 0 saturated heterocycles. The molecule has 0 bridgehead atoms. The molecule has 0 fully saturated rings. The number of carbonyl (C=O) groups is 1. The first-order valence-electron chi connectivity index (χ1n) is 8.85. The number of carbonyl (C=O) groups excluding carboxylic acids is 1. The lowest BCUT2D eigenvalue weighted by atomic mass is 10.2. The van der Waals surface area contributed by atoms with Gasteiger partial charge in [0, 0.05) is 30.7 Å². The number of aromatic nitrogens is 2. The number of methoxy groups -OCH3 is 1. The highest BCUT2D eigenvalue weighted by Gasteiger charge is 2.23. The Kier molecular flexibility index (Phi) is 6.19. The Morgan fingerprint density at radius 3 is 2.70 bits per heavy atom. The zero-order valence-corrected chi connectivity index (χ0v) is 16.5. The van der Waals surface area contributed by atoms with Gasteiger partial charge in [0.2, 0.25) is 5.91 Å². The summed E-state index contributed by atoms with van der Waals surface area (Å²) < 4.78 is 7.27. The van der Waals surface area contributed by atoms with E-state index in [1.54, 1.807) is 18.2 Å². The van der Waals surface area contributed by atoms with E-state index in [0.717, 1.165) is 22.3 Å². The molecule has 1 heterocycles. The fourth-order valence-corrected chi connectivity index (χ4v) is 3.78. The van der Waals surface area contributed by atoms with E-state index in [-0.39, 0.29) is 11.2 Å². The van der Waals surface area contributed by atoms with Crippen LogP contribution < -0.4 is 9.64 Å². The lowest BCUT2D eigenvalue weighted by Crippen LogP contribution is -2.36. The van der Waals surface area contributed by atoms with Gasteiger partial charge in [-0.05, 0) is 38.1 Å². The largest absolute Gasteiger partial charge is 0.497 e. The van der Waals surface area contributed by atoms with Crippen molar-refractivity contribution in [3.05, 3.63) is 67.0 Å². The first-order chi connectivity index (χ1) is 13.1. The second kappa shape index (κ2) is 8.77. The topological polar surface area (TPSA) is 47.4 Å². The summed E-state index contributed by atoms with van der Waals surface area (Å²) in [5.41, 5.74) is 1.86. The van der Waals surface area contributed by atoms with Crippen LogP contribution in [0.25, 0.3) is 5.69 Å². The van der Waals surface area contributed by atoms with Crippen LogP contribution in [0.5, 0.6) is 5.75 Å². The average Bonchev–Trinajstić information content (AvgIpc) is 3.17. The van der Waals surface area contributed by atoms with E-state index < -0.39 is 0 Å². The molecule has 1 atom stereocenters. The Hall–Kier alpha value is -2.73. The molecule has 27 heavy (non-hydrogen) atoms. The van der Waals surface area contributed by atoms with Crippen molar-refractivity contribution in [3.63, 3.8) is 0 Å². The molecular weight excluding hydrogens is 358 g/mol. The number of thioether (sulfide) groups is 1. The molecule has 0 N–H and O–H groups in total. The van der Waals surface area contributed by atoms with Gasteiger partial charge in [0.15, 0.2) is 5.16 Å². The molecule has 5 nitrogen and oxygen atoms in total. The van der Waals surface area contributed by atoms with Gasteiger partial charge in [-0.3, -0.25) is 9.36 Å². The molecule has 0 saturated carbocycles. The minimum absolute atomic E-state index is 0.0638. The van der Waals surface area contributed by atoms with E-state index >= 15 is 0 Å². The van der Waals surface area contributed by atoms with Crippen LogP contribution in [0.1, 0.15) is 13.8 Å². The smallest absolute Gasteiger partial charge is 0.240 e. The standard InChI is InChI=1S/C21H23N3O2S/c1-4-23(17-9-6-5-7-10-17)20(25)16(2)27-21-22-13-14-24(21)18-11-8-12-19(15-18)26-3/h5-16H,4H2,1-3H3. The van der Waals surface area contributed by atoms with Crippen LogP contribution >= 0.6 is 11.8 Å². The number of ether oxygens (including phenoxy) is 1. The van der Waals surface area contributed by atoms with Crippen molar-refractivity contribution in [1.82, 2.24) is 9.55 Å². The quantitative estimate of drug-likeness (QED) is 0.569. The molecule has 0 aliphatic carbocycles. The number of rotatable bonds is 7. The summed E-state index contributed by atoms with van der Waals surface area (Å²) in [7, 11) is 1.65. The normalized spacial score (nSPS) is 11.8. The maximum Gasteiger partial charge on any atom is 0.240 e. The van der Waals surface area contributed by atoms with Gasteiger partial charge < -0.3 is 9.64 Å². The van der Waals surface area contributed by atoms with Crippen LogP contribution in [0.4, 0.5) is 5.69 Å². The molecule has 1 unspecified atom stereocenters. The van der Waals surface area contributed by atoms with E-state index in [9.17, 15) is 4.79 Å². The average molecular weight is 382 g/mol. The van der Waals surface area contributed by atoms with E-state index in [1.165, 1.54) is 11.8 Å². The van der Waals surface area contributed by atoms with Crippen LogP contribution in [0.3, 0.4) is 0 Å². The zero-order chi connectivity index (χ0) is 19.2. The van der Waals surface area contributed by atoms with Gasteiger partial charge in [-0.2, -0.15) is 0 Å². The molecule has 6 heteroatoms. The Morgan fingerprint density at radius 1 is 1.22 bits per heavy atom. The van der Waals surface area contributed by atoms with Crippen molar-refractivity contribution in [2.75, 3.05) is 18.6 Å². The first kappa shape index (κ1) is 19.0. The maximum atomic E-state index is 13.0. The van der Waals surface area contributed by atoms with Crippen molar-refractivity contribution in [2.45, 2.75) is 24.3 Å². The third-order valence-corrected chi connectivity index (χ3v) is 5.29. The van der Waals surface area contributed by atoms with Gasteiger partial charge >= 0.3 is 0 Å². The van der Waals surface area contributed by atoms with Crippen molar-refractivity contribution in [3.8, 4) is 11.4 Å². The van der Waals surface area contributed by atoms with Gasteiger partial charge in [-0.1, -0.05) is 36.0 Å². The van der Waals surface area contributed by atoms with Crippen molar-refractivity contribution < 1.29 is 9.53 Å². The number of imidazole rings is 1. The second-order valence-corrected chi connectivity index (χ2v) is 7.27. The van der Waals surface area contributed by atoms with Gasteiger partial charge in [0.05, 0.1) is 18.0 Å². The predicted molar refractivity (Wildman–Crippen MR) is 110 cm³/mol. The van der Waals surface area contributed by atoms with Crippen molar-refractivity contribution >= 4 is 23.4 Å². The molecule has 0 spiro atoms. The third-order valence-electron chi connectivity index (χ3n) is 4.22. The van der Waals surface area contributed by atoms with Gasteiger partial charge in [0.1, 0.15) is 5.75 Å². The molecule has 140 valence electrons. The Bertz CT molecular complexity index is 895. The SMILES string of the molecule is CCN(C(=O)C(C)Sc1nccn1-c1cccc(OC)c1)c1ccccc1. The molecule has 3 aromatic rings. The minimum atomic E-state index is -0.267. The number of hydrogen-bond donors (Lipinski definition) is 0. The highest BCUT2D eigenvalue weighted by molar-refractivity contribution is 8.00. The monoisotopic (exact) mass is 381 g/mol. The Morgan fingerprint density at radius 2 is 2.00 bits per heavy atom. The van der Waals surface area contributed by atoms with E-state index in [2.05, 4.69) is 4.98 Å². The number of para-hydroxylation sites is 1. The molecule has 1 aromatic heterocycles. The van der Waals surface area contributed by atoms with E-state index in [1.807, 2.05) is 79.2 Å². The van der Waals surface area contributed by atoms with E-state index in [0.29, 0.717) is 6.54 Å². The van der Waals surface area contributed by atoms with Gasteiger partial charge in [-0.25, -0.2) is 4.98 Å². The molecular formula is C21H23N3O2S. The number of anilines is 1. The van der Waals surface area contributed by atoms with Gasteiger partial charge in [0.25, 0.3) is 0 Å². The third kappa shape index (κ3) is 4.34. The summed E-state index contributed by atoms with van der Waals surface area (Å²) in [6.07, 6.45) is 3.64. The van der Waals surface area contributed by atoms with Crippen LogP contribution in [-0.4, -0.2) is 34.4 Å². The fourth-order valence-electron chi connectivity index (χ4n) is 2.84. The maximum absolute atomic E-state index is 13.0. The van der Waals surface area contributed by atoms with Crippen LogP contribution in [-0.2, 0) is 4.79 Å². The lowest BCUT2D eigenvalue weighted by molar-refractivity contribution is -0.117. The highest BCUT2D eigenvalue weighted by Crippen LogP contribution is 2.28. The summed E-state index contributed by atoms with van der Waals surface area (Å²) in [5.74, 6) is 0.844. The Balaban J connectivity index is 1.79. The Labute approximate surface area is 164 Å². The molecule has 0 aliphatic heterocycles. The van der Waals surface area contributed by atoms with Crippen LogP contribution in [0.2, 0.25) is 0 Å². The molecule has 0 aliphatic rings. The molecule has 2 aromatic carbocycles. The van der Waals surface area contributed by atoms with Crippen molar-refractivity contribution in [2.24, 2.45) is 0 Å². The van der Waals surface area contributed by atoms with Crippen LogP contribution in [0.15, 0.2) is 72.1 Å². The lowest BCUT2D eigenvalue weighted by Gasteiger charge is -2.24. The predicted octanol–water partition coefficient (Wildman–Crippen LogP) is 4.41. The first-order valence-corrected chi connectivity index (χ1v) is 9.73. The molecule has 1 amide bonds. The molecule has 3 rings (SSSR count). The minimum Gasteiger partial charge on any atom is -0.497 e. The summed E-state index contributed by atoms with van der Waals surface area (Å²) in [6.45, 7) is 4.53. The highest BCUT2D eigenvalue weighted by atomic mass is 32.2. The summed E-state index contributed by atoms with van der Waals surface area (Å²) in [5, 5.41) is 0.505. The summed E-state index contributed by atoms with van der Waals surface area (Å²) in [4.78, 5) is 19.2. The van der Waals surface area contributed by atoms with Gasteiger partial charge in [-0.15, -0.1) is 0 Å². The number of nitrogens with zero attached hydrogens (tertiary/aromatic N) is 3. The summed E-state index contributed by atoms with van der Waals surface area (Å²) in [6, 6.07) is 17.5. The van der Waals surface area contributed by atoms with E-state index in [4.69, 9.17) is 4.74 Å². The van der Waals surface area contributed by atoms with Crippen LogP contribution in [0, 0.1) is 0 Å². The fraction of sp³-hybridized carbons (Fsp3) is 0.238. The summed E-state index contributed by atoms with van der Waals surface area (Å²) >= 11 is 1.45. The second-order valence-electron chi connectivity index (χ2n) is 5.96. The number of amides is 1. The molecule has 0 radical (unpaired) electrons. The number of hydrogen-bond acceptors (Lipinski definition) is 4. The van der Waals surface area contributed by atoms with Crippen molar-refractivity contribution in [1.29, 1.82) is 0 Å². The zero-order valence-electron chi connectivity index (χ0n) is 15.7. The number of benzene rings is 2.